The van der Waals surface area contributed by atoms with E-state index in [0.29, 0.717) is 0 Å². The Kier molecular flexibility index (Phi) is 2.46. The van der Waals surface area contributed by atoms with Gasteiger partial charge in [-0.2, -0.15) is 0 Å². The first-order valence-electron chi connectivity index (χ1n) is 3.09. The second-order valence-corrected chi connectivity index (χ2v) is 3.23. The summed E-state index contributed by atoms with van der Waals surface area (Å²) in [4.78, 5) is 0. The van der Waals surface area contributed by atoms with Crippen molar-refractivity contribution in [2.45, 2.75) is 20.8 Å². The zero-order valence-corrected chi connectivity index (χ0v) is 6.60. The van der Waals surface area contributed by atoms with Crippen molar-refractivity contribution < 1.29 is 5.11 Å². The molecule has 10 heavy (non-hydrogen) atoms. The van der Waals surface area contributed by atoms with Crippen molar-refractivity contribution >= 4 is 5.84 Å². The van der Waals surface area contributed by atoms with Crippen LogP contribution in [0.25, 0.3) is 0 Å². The van der Waals surface area contributed by atoms with Gasteiger partial charge < -0.3 is 10.8 Å². The molecule has 0 unspecified atom stereocenters. The third-order valence-corrected chi connectivity index (χ3v) is 1.06. The van der Waals surface area contributed by atoms with Crippen LogP contribution in [-0.4, -0.2) is 10.9 Å². The number of aliphatic hydroxyl groups excluding tert-OH is 1. The lowest BCUT2D eigenvalue weighted by molar-refractivity contribution is 0.278. The van der Waals surface area contributed by atoms with Gasteiger partial charge >= 0.3 is 0 Å². The van der Waals surface area contributed by atoms with E-state index >= 15 is 0 Å². The Hall–Kier alpha value is -0.990. The molecule has 0 saturated heterocycles. The number of allylic oxidation sites excluding steroid dienone is 1. The molecular weight excluding hydrogens is 128 g/mol. The predicted octanol–water partition coefficient (Wildman–Crippen LogP) is 1.41. The first-order valence-corrected chi connectivity index (χ1v) is 3.09. The summed E-state index contributed by atoms with van der Waals surface area (Å²) in [5.41, 5.74) is 4.72. The standard InChI is InChI=1S/C7H14N2O/c1-7(2,3)5(10)4-6(8)9/h4,10H,1-3H3,(H3,8,9). The first kappa shape index (κ1) is 9.01. The summed E-state index contributed by atoms with van der Waals surface area (Å²) in [6.45, 7) is 5.55. The van der Waals surface area contributed by atoms with E-state index < -0.39 is 0 Å². The number of rotatable bonds is 1. The van der Waals surface area contributed by atoms with E-state index in [1.54, 1.807) is 0 Å². The minimum atomic E-state index is -0.314. The number of hydrogen-bond donors (Lipinski definition) is 3. The zero-order chi connectivity index (χ0) is 8.36. The van der Waals surface area contributed by atoms with Crippen LogP contribution in [0.2, 0.25) is 0 Å². The minimum absolute atomic E-state index is 0.118. The summed E-state index contributed by atoms with van der Waals surface area (Å²) >= 11 is 0. The predicted molar refractivity (Wildman–Crippen MR) is 42.1 cm³/mol. The molecule has 0 radical (unpaired) electrons. The van der Waals surface area contributed by atoms with Gasteiger partial charge in [-0.1, -0.05) is 20.8 Å². The average Bonchev–Trinajstić information content (AvgIpc) is 1.60. The van der Waals surface area contributed by atoms with Gasteiger partial charge in [-0.25, -0.2) is 0 Å². The quantitative estimate of drug-likeness (QED) is 0.294. The van der Waals surface area contributed by atoms with Crippen molar-refractivity contribution in [1.29, 1.82) is 5.41 Å². The lowest BCUT2D eigenvalue weighted by Crippen LogP contribution is -2.14. The number of amidine groups is 1. The van der Waals surface area contributed by atoms with Gasteiger partial charge in [-0.3, -0.25) is 5.41 Å². The summed E-state index contributed by atoms with van der Waals surface area (Å²) in [5.74, 6) is 0.0208. The maximum atomic E-state index is 9.20. The van der Waals surface area contributed by atoms with Gasteiger partial charge in [0, 0.05) is 11.5 Å². The van der Waals surface area contributed by atoms with Crippen LogP contribution in [0.4, 0.5) is 0 Å². The van der Waals surface area contributed by atoms with Crippen LogP contribution in [-0.2, 0) is 0 Å². The highest BCUT2D eigenvalue weighted by Gasteiger charge is 2.15. The van der Waals surface area contributed by atoms with Crippen molar-refractivity contribution in [2.24, 2.45) is 11.1 Å². The fourth-order valence-corrected chi connectivity index (χ4v) is 0.364. The number of aliphatic hydroxyl groups is 1. The molecule has 0 rings (SSSR count). The molecule has 4 N–H and O–H groups in total. The second kappa shape index (κ2) is 2.73. The Bertz CT molecular complexity index is 165. The molecule has 0 heterocycles. The molecule has 0 aromatic rings. The Morgan fingerprint density at radius 3 is 2.00 bits per heavy atom. The Balaban J connectivity index is 4.35. The average molecular weight is 142 g/mol. The molecule has 3 heteroatoms. The van der Waals surface area contributed by atoms with Gasteiger partial charge in [0.2, 0.25) is 0 Å². The van der Waals surface area contributed by atoms with Crippen molar-refractivity contribution in [3.05, 3.63) is 11.8 Å². The van der Waals surface area contributed by atoms with Gasteiger partial charge in [-0.05, 0) is 0 Å². The van der Waals surface area contributed by atoms with E-state index in [1.165, 1.54) is 6.08 Å². The molecule has 0 aromatic heterocycles. The molecular formula is C7H14N2O. The smallest absolute Gasteiger partial charge is 0.118 e. The van der Waals surface area contributed by atoms with Gasteiger partial charge in [-0.15, -0.1) is 0 Å². The van der Waals surface area contributed by atoms with Crippen LogP contribution in [0.3, 0.4) is 0 Å². The second-order valence-electron chi connectivity index (χ2n) is 3.23. The van der Waals surface area contributed by atoms with Crippen molar-refractivity contribution in [1.82, 2.24) is 0 Å². The van der Waals surface area contributed by atoms with E-state index in [0.717, 1.165) is 0 Å². The molecule has 0 aliphatic heterocycles. The highest BCUT2D eigenvalue weighted by molar-refractivity contribution is 5.88. The highest BCUT2D eigenvalue weighted by atomic mass is 16.3. The Labute approximate surface area is 61.1 Å². The number of nitrogens with one attached hydrogen (secondary N) is 1. The number of nitrogens with two attached hydrogens (primary N) is 1. The van der Waals surface area contributed by atoms with E-state index in [4.69, 9.17) is 11.1 Å². The van der Waals surface area contributed by atoms with Crippen LogP contribution in [0.5, 0.6) is 0 Å². The van der Waals surface area contributed by atoms with Crippen LogP contribution in [0.15, 0.2) is 11.8 Å². The van der Waals surface area contributed by atoms with Crippen molar-refractivity contribution in [3.8, 4) is 0 Å². The number of hydrogen-bond acceptors (Lipinski definition) is 2. The summed E-state index contributed by atoms with van der Waals surface area (Å²) in [6, 6.07) is 0. The van der Waals surface area contributed by atoms with Crippen LogP contribution in [0, 0.1) is 10.8 Å². The molecule has 0 fully saturated rings. The van der Waals surface area contributed by atoms with Crippen molar-refractivity contribution in [2.75, 3.05) is 0 Å². The van der Waals surface area contributed by atoms with E-state index in [2.05, 4.69) is 0 Å². The Morgan fingerprint density at radius 1 is 1.50 bits per heavy atom. The summed E-state index contributed by atoms with van der Waals surface area (Å²) in [7, 11) is 0. The summed E-state index contributed by atoms with van der Waals surface area (Å²) < 4.78 is 0. The van der Waals surface area contributed by atoms with Gasteiger partial charge in [0.1, 0.15) is 11.6 Å². The van der Waals surface area contributed by atoms with Gasteiger partial charge in [0.15, 0.2) is 0 Å². The molecule has 0 bridgehead atoms. The normalized spacial score (nSPS) is 13.3. The van der Waals surface area contributed by atoms with Crippen LogP contribution >= 0.6 is 0 Å². The van der Waals surface area contributed by atoms with Crippen LogP contribution < -0.4 is 5.73 Å². The van der Waals surface area contributed by atoms with Crippen molar-refractivity contribution in [3.63, 3.8) is 0 Å². The molecule has 0 aromatic carbocycles. The zero-order valence-electron chi connectivity index (χ0n) is 6.60. The molecule has 3 nitrogen and oxygen atoms in total. The highest BCUT2D eigenvalue weighted by Crippen LogP contribution is 2.21. The largest absolute Gasteiger partial charge is 0.512 e. The first-order chi connectivity index (χ1) is 4.34. The third-order valence-electron chi connectivity index (χ3n) is 1.06. The molecule has 0 aliphatic carbocycles. The van der Waals surface area contributed by atoms with E-state index in [-0.39, 0.29) is 17.0 Å². The molecule has 58 valence electrons. The SMILES string of the molecule is CC(C)(C)C(O)=CC(=N)N. The fraction of sp³-hybridized carbons (Fsp3) is 0.571. The van der Waals surface area contributed by atoms with Gasteiger partial charge in [0.25, 0.3) is 0 Å². The molecule has 0 spiro atoms. The molecule has 0 atom stereocenters. The molecule has 0 saturated carbocycles. The maximum Gasteiger partial charge on any atom is 0.118 e. The third kappa shape index (κ3) is 3.12. The topological polar surface area (TPSA) is 70.1 Å². The van der Waals surface area contributed by atoms with E-state index in [9.17, 15) is 5.11 Å². The molecule has 0 amide bonds. The summed E-state index contributed by atoms with van der Waals surface area (Å²) in [6.07, 6.45) is 1.25. The summed E-state index contributed by atoms with van der Waals surface area (Å²) in [5, 5.41) is 16.0. The van der Waals surface area contributed by atoms with Gasteiger partial charge in [0.05, 0.1) is 0 Å². The minimum Gasteiger partial charge on any atom is -0.512 e. The Morgan fingerprint density at radius 2 is 1.90 bits per heavy atom. The fourth-order valence-electron chi connectivity index (χ4n) is 0.364. The van der Waals surface area contributed by atoms with E-state index in [1.807, 2.05) is 20.8 Å². The van der Waals surface area contributed by atoms with Crippen LogP contribution in [0.1, 0.15) is 20.8 Å². The maximum absolute atomic E-state index is 9.20. The lowest BCUT2D eigenvalue weighted by atomic mass is 9.93. The monoisotopic (exact) mass is 142 g/mol. The lowest BCUT2D eigenvalue weighted by Gasteiger charge is -2.16. The molecule has 0 aliphatic rings.